The molecule has 0 radical (unpaired) electrons. The van der Waals surface area contributed by atoms with Gasteiger partial charge in [-0.1, -0.05) is 19.9 Å². The standard InChI is InChI=1S/C13H10N4O.C7H11F3N2O.C2H6/c1-9-6-10(7-14)8-16-12(9)13(18)17-11-4-2-3-5-15-11;1-4-3-13-6(2,5(11)12-4)7(8,9)10;1-2/h2-6,8H,1H3,(H,15,17,18);4H,3H2,1-2H3,(H2,11,12);1-2H3/t;4-,6+;/m.0./s1. The van der Waals surface area contributed by atoms with E-state index < -0.39 is 17.6 Å². The van der Waals surface area contributed by atoms with Crippen LogP contribution in [0.1, 0.15) is 49.3 Å². The maximum Gasteiger partial charge on any atom is 0.424 e. The molecule has 33 heavy (non-hydrogen) atoms. The average Bonchev–Trinajstić information content (AvgIpc) is 2.78. The van der Waals surface area contributed by atoms with E-state index in [0.717, 1.165) is 6.92 Å². The third-order valence-electron chi connectivity index (χ3n) is 4.33. The number of nitriles is 1. The normalized spacial score (nSPS) is 19.5. The van der Waals surface area contributed by atoms with Gasteiger partial charge < -0.3 is 15.8 Å². The molecule has 3 rings (SSSR count). The van der Waals surface area contributed by atoms with Crippen LogP contribution in [0.4, 0.5) is 19.0 Å². The van der Waals surface area contributed by atoms with Crippen LogP contribution >= 0.6 is 0 Å². The predicted molar refractivity (Wildman–Crippen MR) is 119 cm³/mol. The maximum atomic E-state index is 12.4. The number of pyridine rings is 2. The number of rotatable bonds is 2. The highest BCUT2D eigenvalue weighted by molar-refractivity contribution is 6.03. The lowest BCUT2D eigenvalue weighted by Crippen LogP contribution is -2.58. The van der Waals surface area contributed by atoms with Crippen molar-refractivity contribution in [2.24, 2.45) is 10.7 Å². The zero-order valence-electron chi connectivity index (χ0n) is 19.1. The third kappa shape index (κ3) is 7.25. The number of anilines is 1. The Balaban J connectivity index is 0.000000322. The average molecular weight is 464 g/mol. The van der Waals surface area contributed by atoms with Crippen molar-refractivity contribution in [1.82, 2.24) is 9.97 Å². The quantitative estimate of drug-likeness (QED) is 0.691. The Morgan fingerprint density at radius 3 is 2.48 bits per heavy atom. The summed E-state index contributed by atoms with van der Waals surface area (Å²) < 4.78 is 41.9. The van der Waals surface area contributed by atoms with Crippen LogP contribution in [-0.4, -0.2) is 46.1 Å². The second-order valence-electron chi connectivity index (χ2n) is 6.88. The molecule has 0 spiro atoms. The first-order valence-electron chi connectivity index (χ1n) is 10.1. The van der Waals surface area contributed by atoms with Crippen molar-refractivity contribution in [2.45, 2.75) is 52.4 Å². The summed E-state index contributed by atoms with van der Waals surface area (Å²) in [5, 5.41) is 11.4. The largest absolute Gasteiger partial charge is 0.424 e. The number of aromatic nitrogens is 2. The van der Waals surface area contributed by atoms with Crippen molar-refractivity contribution in [3.05, 3.63) is 53.5 Å². The van der Waals surface area contributed by atoms with E-state index in [9.17, 15) is 18.0 Å². The molecule has 11 heteroatoms. The Labute approximate surface area is 190 Å². The van der Waals surface area contributed by atoms with Gasteiger partial charge in [-0.3, -0.25) is 9.79 Å². The summed E-state index contributed by atoms with van der Waals surface area (Å²) in [6, 6.07) is 8.53. The van der Waals surface area contributed by atoms with E-state index >= 15 is 0 Å². The lowest BCUT2D eigenvalue weighted by molar-refractivity contribution is -0.245. The van der Waals surface area contributed by atoms with Crippen molar-refractivity contribution in [3.8, 4) is 6.07 Å². The number of nitrogens with one attached hydrogen (secondary N) is 1. The first-order chi connectivity index (χ1) is 15.5. The van der Waals surface area contributed by atoms with Gasteiger partial charge in [0.05, 0.1) is 18.2 Å². The van der Waals surface area contributed by atoms with Crippen LogP contribution in [0.15, 0.2) is 41.7 Å². The number of nitrogens with two attached hydrogens (primary N) is 1. The molecule has 0 aliphatic carbocycles. The van der Waals surface area contributed by atoms with Crippen molar-refractivity contribution in [2.75, 3.05) is 11.9 Å². The van der Waals surface area contributed by atoms with E-state index in [2.05, 4.69) is 25.0 Å². The second-order valence-corrected chi connectivity index (χ2v) is 6.88. The smallest absolute Gasteiger partial charge is 0.385 e. The summed E-state index contributed by atoms with van der Waals surface area (Å²) >= 11 is 0. The van der Waals surface area contributed by atoms with E-state index in [1.165, 1.54) is 6.20 Å². The molecule has 1 aliphatic heterocycles. The topological polar surface area (TPSA) is 126 Å². The van der Waals surface area contributed by atoms with Crippen LogP contribution in [0.25, 0.3) is 0 Å². The van der Waals surface area contributed by atoms with E-state index in [1.54, 1.807) is 44.3 Å². The Morgan fingerprint density at radius 2 is 2.00 bits per heavy atom. The zero-order valence-corrected chi connectivity index (χ0v) is 19.1. The molecular weight excluding hydrogens is 437 g/mol. The Hall–Kier alpha value is -3.52. The number of hydrogen-bond donors (Lipinski definition) is 2. The molecule has 3 heterocycles. The molecule has 0 aromatic carbocycles. The minimum Gasteiger partial charge on any atom is -0.385 e. The Bertz CT molecular complexity index is 1010. The number of alkyl halides is 3. The lowest BCUT2D eigenvalue weighted by atomic mass is 10.0. The van der Waals surface area contributed by atoms with Gasteiger partial charge in [0.1, 0.15) is 23.4 Å². The monoisotopic (exact) mass is 464 g/mol. The molecule has 0 saturated carbocycles. The maximum absolute atomic E-state index is 12.4. The number of ether oxygens (including phenoxy) is 1. The van der Waals surface area contributed by atoms with Crippen LogP contribution in [0.2, 0.25) is 0 Å². The van der Waals surface area contributed by atoms with Gasteiger partial charge in [0.2, 0.25) is 5.60 Å². The fraction of sp³-hybridized carbons (Fsp3) is 0.409. The van der Waals surface area contributed by atoms with E-state index in [4.69, 9.17) is 11.0 Å². The highest BCUT2D eigenvalue weighted by atomic mass is 19.4. The second kappa shape index (κ2) is 11.9. The summed E-state index contributed by atoms with van der Waals surface area (Å²) in [7, 11) is 0. The van der Waals surface area contributed by atoms with Gasteiger partial charge >= 0.3 is 6.18 Å². The summed E-state index contributed by atoms with van der Waals surface area (Å²) in [6.07, 6.45) is -1.55. The first-order valence-corrected chi connectivity index (χ1v) is 10.1. The van der Waals surface area contributed by atoms with Crippen LogP contribution in [-0.2, 0) is 4.74 Å². The molecule has 0 bridgehead atoms. The third-order valence-corrected chi connectivity index (χ3v) is 4.33. The number of hydrogen-bond acceptors (Lipinski definition) is 7. The lowest BCUT2D eigenvalue weighted by Gasteiger charge is -2.35. The molecular formula is C22H27F3N6O2. The SMILES string of the molecule is CC.C[C@H]1CO[C@@](C)(C(F)(F)F)C(N)=N1.Cc1cc(C#N)cnc1C(=O)Nc1ccccn1. The Morgan fingerprint density at radius 1 is 1.33 bits per heavy atom. The molecule has 2 aromatic heterocycles. The van der Waals surface area contributed by atoms with Crippen molar-refractivity contribution < 1.29 is 22.7 Å². The molecule has 2 atom stereocenters. The number of aryl methyl sites for hydroxylation is 1. The van der Waals surface area contributed by atoms with E-state index in [1.807, 2.05) is 19.9 Å². The summed E-state index contributed by atoms with van der Waals surface area (Å²) in [5.74, 6) is -0.373. The number of carbonyl (C=O) groups is 1. The predicted octanol–water partition coefficient (Wildman–Crippen LogP) is 4.02. The summed E-state index contributed by atoms with van der Waals surface area (Å²) in [4.78, 5) is 23.6. The molecule has 0 unspecified atom stereocenters. The number of carbonyl (C=O) groups excluding carboxylic acids is 1. The van der Waals surface area contributed by atoms with Crippen molar-refractivity contribution >= 4 is 17.6 Å². The molecule has 1 amide bonds. The summed E-state index contributed by atoms with van der Waals surface area (Å²) in [6.45, 7) is 8.21. The number of aliphatic imine (C=N–C) groups is 1. The van der Waals surface area contributed by atoms with Gasteiger partial charge in [-0.15, -0.1) is 0 Å². The van der Waals surface area contributed by atoms with Gasteiger partial charge in [0, 0.05) is 12.4 Å². The van der Waals surface area contributed by atoms with Crippen LogP contribution in [0.3, 0.4) is 0 Å². The van der Waals surface area contributed by atoms with Crippen LogP contribution in [0, 0.1) is 18.3 Å². The number of amides is 1. The van der Waals surface area contributed by atoms with Crippen LogP contribution in [0.5, 0.6) is 0 Å². The minimum absolute atomic E-state index is 0.0588. The van der Waals surface area contributed by atoms with Crippen molar-refractivity contribution in [3.63, 3.8) is 0 Å². The van der Waals surface area contributed by atoms with Crippen LogP contribution < -0.4 is 11.1 Å². The zero-order chi connectivity index (χ0) is 25.2. The van der Waals surface area contributed by atoms with Gasteiger partial charge in [0.25, 0.3) is 5.91 Å². The molecule has 0 fully saturated rings. The molecule has 0 saturated heterocycles. The molecule has 3 N–H and O–H groups in total. The van der Waals surface area contributed by atoms with Gasteiger partial charge in [0.15, 0.2) is 0 Å². The molecule has 178 valence electrons. The van der Waals surface area contributed by atoms with Gasteiger partial charge in [-0.25, -0.2) is 9.97 Å². The van der Waals surface area contributed by atoms with E-state index in [0.29, 0.717) is 22.6 Å². The number of amidine groups is 1. The highest BCUT2D eigenvalue weighted by Gasteiger charge is 2.57. The number of nitrogens with zero attached hydrogens (tertiary/aromatic N) is 4. The minimum atomic E-state index is -4.51. The number of halogens is 3. The fourth-order valence-corrected chi connectivity index (χ4v) is 2.47. The first kappa shape index (κ1) is 27.5. The summed E-state index contributed by atoms with van der Waals surface area (Å²) in [5.41, 5.74) is 4.16. The van der Waals surface area contributed by atoms with Gasteiger partial charge in [-0.2, -0.15) is 18.4 Å². The van der Waals surface area contributed by atoms with Gasteiger partial charge in [-0.05, 0) is 44.5 Å². The molecule has 2 aromatic rings. The fourth-order valence-electron chi connectivity index (χ4n) is 2.47. The highest BCUT2D eigenvalue weighted by Crippen LogP contribution is 2.35. The Kier molecular flexibility index (Phi) is 9.94. The van der Waals surface area contributed by atoms with E-state index in [-0.39, 0.29) is 18.6 Å². The molecule has 1 aliphatic rings. The van der Waals surface area contributed by atoms with Crippen molar-refractivity contribution in [1.29, 1.82) is 5.26 Å². The molecule has 8 nitrogen and oxygen atoms in total.